The average Bonchev–Trinajstić information content (AvgIpc) is 2.66. The molecule has 0 spiro atoms. The highest BCUT2D eigenvalue weighted by Crippen LogP contribution is 2.20. The molecular formula is C13H18N4O2. The van der Waals surface area contributed by atoms with Crippen molar-refractivity contribution in [3.63, 3.8) is 0 Å². The number of anilines is 1. The molecule has 0 aliphatic heterocycles. The molecule has 5 N–H and O–H groups in total. The number of imidazole rings is 1. The molecule has 0 aliphatic carbocycles. The number of carbonyl (C=O) groups is 1. The summed E-state index contributed by atoms with van der Waals surface area (Å²) in [5.41, 5.74) is 7.25. The van der Waals surface area contributed by atoms with Crippen LogP contribution < -0.4 is 16.7 Å². The summed E-state index contributed by atoms with van der Waals surface area (Å²) in [7, 11) is 0. The van der Waals surface area contributed by atoms with Gasteiger partial charge in [0.15, 0.2) is 0 Å². The van der Waals surface area contributed by atoms with E-state index in [1.165, 1.54) is 0 Å². The quantitative estimate of drug-likeness (QED) is 0.653. The smallest absolute Gasteiger partial charge is 0.323 e. The minimum absolute atomic E-state index is 0.246. The van der Waals surface area contributed by atoms with E-state index in [1.54, 1.807) is 18.2 Å². The Labute approximate surface area is 110 Å². The molecule has 1 amide bonds. The molecule has 0 unspecified atom stereocenters. The van der Waals surface area contributed by atoms with E-state index in [4.69, 9.17) is 5.73 Å². The van der Waals surface area contributed by atoms with Gasteiger partial charge in [-0.15, -0.1) is 0 Å². The van der Waals surface area contributed by atoms with Crippen LogP contribution in [0.15, 0.2) is 23.0 Å². The molecule has 6 heteroatoms. The molecule has 102 valence electrons. The predicted octanol–water partition coefficient (Wildman–Crippen LogP) is 1.17. The van der Waals surface area contributed by atoms with Crippen LogP contribution in [-0.2, 0) is 4.79 Å². The van der Waals surface area contributed by atoms with Crippen molar-refractivity contribution in [2.75, 3.05) is 5.32 Å². The fraction of sp³-hybridized carbons (Fsp3) is 0.385. The van der Waals surface area contributed by atoms with Gasteiger partial charge < -0.3 is 21.0 Å². The topological polar surface area (TPSA) is 104 Å². The fourth-order valence-corrected chi connectivity index (χ4v) is 1.72. The van der Waals surface area contributed by atoms with Crippen LogP contribution in [0.1, 0.15) is 20.8 Å². The Hall–Kier alpha value is -2.08. The molecule has 2 aromatic rings. The molecule has 1 aromatic heterocycles. The third kappa shape index (κ3) is 2.85. The van der Waals surface area contributed by atoms with Gasteiger partial charge in [-0.3, -0.25) is 4.79 Å². The molecular weight excluding hydrogens is 244 g/mol. The Kier molecular flexibility index (Phi) is 3.20. The zero-order valence-electron chi connectivity index (χ0n) is 11.2. The summed E-state index contributed by atoms with van der Waals surface area (Å²) in [6.45, 7) is 5.72. The molecule has 2 rings (SSSR count). The molecule has 0 bridgehead atoms. The highest BCUT2D eigenvalue weighted by atomic mass is 16.2. The number of carbonyl (C=O) groups excluding carboxylic acids is 1. The van der Waals surface area contributed by atoms with E-state index in [-0.39, 0.29) is 17.0 Å². The summed E-state index contributed by atoms with van der Waals surface area (Å²) in [4.78, 5) is 28.4. The number of amides is 1. The van der Waals surface area contributed by atoms with Crippen LogP contribution in [0.2, 0.25) is 0 Å². The van der Waals surface area contributed by atoms with Crippen LogP contribution in [0.25, 0.3) is 11.0 Å². The number of benzene rings is 1. The minimum Gasteiger partial charge on any atom is -0.325 e. The van der Waals surface area contributed by atoms with Gasteiger partial charge in [0, 0.05) is 5.69 Å². The molecule has 1 atom stereocenters. The van der Waals surface area contributed by atoms with Crippen molar-refractivity contribution < 1.29 is 4.79 Å². The Morgan fingerprint density at radius 1 is 1.26 bits per heavy atom. The lowest BCUT2D eigenvalue weighted by Crippen LogP contribution is -2.45. The van der Waals surface area contributed by atoms with Gasteiger partial charge >= 0.3 is 5.69 Å². The second-order valence-electron chi connectivity index (χ2n) is 5.67. The molecule has 0 saturated heterocycles. The number of hydrogen-bond donors (Lipinski definition) is 4. The van der Waals surface area contributed by atoms with Crippen LogP contribution in [0.5, 0.6) is 0 Å². The Morgan fingerprint density at radius 3 is 2.53 bits per heavy atom. The third-order valence-electron chi connectivity index (χ3n) is 3.00. The maximum atomic E-state index is 12.0. The number of aromatic amines is 2. The second-order valence-corrected chi connectivity index (χ2v) is 5.67. The highest BCUT2D eigenvalue weighted by Gasteiger charge is 2.27. The van der Waals surface area contributed by atoms with Crippen molar-refractivity contribution in [2.24, 2.45) is 11.1 Å². The summed E-state index contributed by atoms with van der Waals surface area (Å²) >= 11 is 0. The van der Waals surface area contributed by atoms with E-state index < -0.39 is 6.04 Å². The number of aromatic nitrogens is 2. The van der Waals surface area contributed by atoms with Crippen LogP contribution >= 0.6 is 0 Å². The maximum absolute atomic E-state index is 12.0. The van der Waals surface area contributed by atoms with Gasteiger partial charge in [-0.2, -0.15) is 0 Å². The number of hydrogen-bond acceptors (Lipinski definition) is 3. The normalized spacial score (nSPS) is 13.5. The van der Waals surface area contributed by atoms with Gasteiger partial charge in [0.05, 0.1) is 17.1 Å². The largest absolute Gasteiger partial charge is 0.325 e. The first kappa shape index (κ1) is 13.4. The number of nitrogens with one attached hydrogen (secondary N) is 3. The van der Waals surface area contributed by atoms with Crippen molar-refractivity contribution in [3.8, 4) is 0 Å². The van der Waals surface area contributed by atoms with Crippen LogP contribution in [0, 0.1) is 5.41 Å². The van der Waals surface area contributed by atoms with Gasteiger partial charge in [-0.25, -0.2) is 4.79 Å². The molecule has 0 aliphatic rings. The van der Waals surface area contributed by atoms with Crippen LogP contribution in [0.4, 0.5) is 5.69 Å². The minimum atomic E-state index is -0.603. The molecule has 0 radical (unpaired) electrons. The van der Waals surface area contributed by atoms with Crippen molar-refractivity contribution in [3.05, 3.63) is 28.7 Å². The van der Waals surface area contributed by atoms with E-state index in [2.05, 4.69) is 15.3 Å². The van der Waals surface area contributed by atoms with Crippen molar-refractivity contribution in [1.82, 2.24) is 9.97 Å². The maximum Gasteiger partial charge on any atom is 0.323 e. The van der Waals surface area contributed by atoms with Crippen molar-refractivity contribution in [2.45, 2.75) is 26.8 Å². The van der Waals surface area contributed by atoms with Gasteiger partial charge in [-0.05, 0) is 23.6 Å². The van der Waals surface area contributed by atoms with Crippen LogP contribution in [-0.4, -0.2) is 21.9 Å². The average molecular weight is 262 g/mol. The second kappa shape index (κ2) is 4.55. The SMILES string of the molecule is CC(C)(C)[C@@H](N)C(=O)Nc1ccc2[nH]c(=O)[nH]c2c1. The van der Waals surface area contributed by atoms with Gasteiger partial charge in [0.2, 0.25) is 5.91 Å². The Morgan fingerprint density at radius 2 is 1.89 bits per heavy atom. The van der Waals surface area contributed by atoms with Crippen molar-refractivity contribution >= 4 is 22.6 Å². The summed E-state index contributed by atoms with van der Waals surface area (Å²) in [5, 5.41) is 2.75. The summed E-state index contributed by atoms with van der Waals surface area (Å²) < 4.78 is 0. The molecule has 19 heavy (non-hydrogen) atoms. The lowest BCUT2D eigenvalue weighted by molar-refractivity contribution is -0.119. The first-order valence-corrected chi connectivity index (χ1v) is 6.06. The van der Waals surface area contributed by atoms with Gasteiger partial charge in [-0.1, -0.05) is 20.8 Å². The first-order valence-electron chi connectivity index (χ1n) is 6.06. The van der Waals surface area contributed by atoms with E-state index in [0.717, 1.165) is 0 Å². The number of nitrogens with two attached hydrogens (primary N) is 1. The third-order valence-corrected chi connectivity index (χ3v) is 3.00. The molecule has 0 saturated carbocycles. The lowest BCUT2D eigenvalue weighted by atomic mass is 9.87. The number of H-pyrrole nitrogens is 2. The van der Waals surface area contributed by atoms with E-state index in [0.29, 0.717) is 16.7 Å². The number of fused-ring (bicyclic) bond motifs is 1. The monoisotopic (exact) mass is 262 g/mol. The lowest BCUT2D eigenvalue weighted by Gasteiger charge is -2.25. The molecule has 1 heterocycles. The highest BCUT2D eigenvalue weighted by molar-refractivity contribution is 5.96. The standard InChI is InChI=1S/C13H18N4O2/c1-13(2,3)10(14)11(18)15-7-4-5-8-9(6-7)17-12(19)16-8/h4-6,10H,14H2,1-3H3,(H,15,18)(H2,16,17,19)/t10-/m0/s1. The fourth-order valence-electron chi connectivity index (χ4n) is 1.72. The Bertz CT molecular complexity index is 663. The van der Waals surface area contributed by atoms with E-state index in [9.17, 15) is 9.59 Å². The van der Waals surface area contributed by atoms with Gasteiger partial charge in [0.1, 0.15) is 0 Å². The zero-order chi connectivity index (χ0) is 14.2. The zero-order valence-corrected chi connectivity index (χ0v) is 11.2. The number of rotatable bonds is 2. The summed E-state index contributed by atoms with van der Waals surface area (Å²) in [6, 6.07) is 4.54. The van der Waals surface area contributed by atoms with Crippen molar-refractivity contribution in [1.29, 1.82) is 0 Å². The van der Waals surface area contributed by atoms with Gasteiger partial charge in [0.25, 0.3) is 0 Å². The van der Waals surface area contributed by atoms with Crippen LogP contribution in [0.3, 0.4) is 0 Å². The van der Waals surface area contributed by atoms with E-state index >= 15 is 0 Å². The van der Waals surface area contributed by atoms with E-state index in [1.807, 2.05) is 20.8 Å². The predicted molar refractivity (Wildman–Crippen MR) is 75.0 cm³/mol. The summed E-state index contributed by atoms with van der Waals surface area (Å²) in [5.74, 6) is -0.246. The summed E-state index contributed by atoms with van der Waals surface area (Å²) in [6.07, 6.45) is 0. The Balaban J connectivity index is 2.21. The first-order chi connectivity index (χ1) is 8.77. The molecule has 6 nitrogen and oxygen atoms in total. The molecule has 0 fully saturated rings. The molecule has 1 aromatic carbocycles.